The fraction of sp³-hybridized carbons (Fsp3) is 0.136. The predicted octanol–water partition coefficient (Wildman–Crippen LogP) is 5.97. The summed E-state index contributed by atoms with van der Waals surface area (Å²) >= 11 is 5.76. The van der Waals surface area contributed by atoms with E-state index < -0.39 is 5.92 Å². The average Bonchev–Trinajstić information content (AvgIpc) is 2.68. The van der Waals surface area contributed by atoms with Crippen molar-refractivity contribution in [2.75, 3.05) is 5.32 Å². The lowest BCUT2D eigenvalue weighted by Gasteiger charge is -2.14. The molecule has 0 aliphatic heterocycles. The van der Waals surface area contributed by atoms with Crippen molar-refractivity contribution in [1.29, 1.82) is 0 Å². The number of benzene rings is 3. The summed E-state index contributed by atoms with van der Waals surface area (Å²) in [5.41, 5.74) is 3.65. The smallest absolute Gasteiger partial charge is 0.231 e. The molecule has 0 saturated carbocycles. The van der Waals surface area contributed by atoms with Gasteiger partial charge in [0.1, 0.15) is 5.82 Å². The molecule has 1 atom stereocenters. The van der Waals surface area contributed by atoms with Gasteiger partial charge < -0.3 is 5.32 Å². The van der Waals surface area contributed by atoms with Gasteiger partial charge in [-0.3, -0.25) is 4.79 Å². The van der Waals surface area contributed by atoms with E-state index in [1.807, 2.05) is 42.5 Å². The third-order valence-electron chi connectivity index (χ3n) is 4.35. The summed E-state index contributed by atoms with van der Waals surface area (Å²) in [5, 5.41) is 2.85. The number of nitrogens with one attached hydrogen (secondary N) is 1. The minimum Gasteiger partial charge on any atom is -0.326 e. The maximum absolute atomic E-state index is 14.5. The zero-order valence-corrected chi connectivity index (χ0v) is 15.1. The number of hydrogen-bond acceptors (Lipinski definition) is 1. The molecule has 132 valence electrons. The highest BCUT2D eigenvalue weighted by Gasteiger charge is 2.17. The first-order chi connectivity index (χ1) is 12.6. The van der Waals surface area contributed by atoms with Crippen LogP contribution in [0.25, 0.3) is 11.1 Å². The number of amides is 1. The first-order valence-corrected chi connectivity index (χ1v) is 8.92. The largest absolute Gasteiger partial charge is 0.326 e. The molecule has 0 saturated heterocycles. The van der Waals surface area contributed by atoms with E-state index in [2.05, 4.69) is 5.32 Å². The maximum Gasteiger partial charge on any atom is 0.231 e. The molecule has 2 nitrogen and oxygen atoms in total. The molecule has 3 rings (SSSR count). The van der Waals surface area contributed by atoms with Crippen LogP contribution in [0.5, 0.6) is 0 Å². The lowest BCUT2D eigenvalue weighted by molar-refractivity contribution is -0.117. The fourth-order valence-corrected chi connectivity index (χ4v) is 2.91. The second-order valence-electron chi connectivity index (χ2n) is 6.15. The summed E-state index contributed by atoms with van der Waals surface area (Å²) in [5.74, 6) is -0.560. The second kappa shape index (κ2) is 8.15. The summed E-state index contributed by atoms with van der Waals surface area (Å²) in [6.07, 6.45) is 0. The molecule has 0 aromatic heterocycles. The molecule has 0 aliphatic carbocycles. The van der Waals surface area contributed by atoms with Gasteiger partial charge in [0.2, 0.25) is 5.91 Å². The van der Waals surface area contributed by atoms with E-state index in [1.54, 1.807) is 31.2 Å². The summed E-state index contributed by atoms with van der Waals surface area (Å²) in [7, 11) is 0. The molecule has 1 amide bonds. The number of anilines is 1. The van der Waals surface area contributed by atoms with Gasteiger partial charge in [0, 0.05) is 17.1 Å². The van der Waals surface area contributed by atoms with Crippen LogP contribution in [0.4, 0.5) is 10.1 Å². The Hall–Kier alpha value is -2.65. The van der Waals surface area contributed by atoms with Crippen molar-refractivity contribution in [2.24, 2.45) is 0 Å². The first-order valence-electron chi connectivity index (χ1n) is 8.39. The van der Waals surface area contributed by atoms with Crippen LogP contribution in [0.2, 0.25) is 0 Å². The van der Waals surface area contributed by atoms with Crippen LogP contribution in [-0.4, -0.2) is 5.91 Å². The third-order valence-corrected chi connectivity index (χ3v) is 4.66. The highest BCUT2D eigenvalue weighted by atomic mass is 35.5. The predicted molar refractivity (Wildman–Crippen MR) is 105 cm³/mol. The Labute approximate surface area is 157 Å². The van der Waals surface area contributed by atoms with Crippen LogP contribution in [0.3, 0.4) is 0 Å². The zero-order chi connectivity index (χ0) is 18.5. The van der Waals surface area contributed by atoms with Gasteiger partial charge in [0.05, 0.1) is 5.92 Å². The summed E-state index contributed by atoms with van der Waals surface area (Å²) in [6, 6.07) is 21.6. The molecule has 3 aromatic rings. The molecule has 0 radical (unpaired) electrons. The topological polar surface area (TPSA) is 29.1 Å². The Morgan fingerprint density at radius 3 is 2.35 bits per heavy atom. The van der Waals surface area contributed by atoms with E-state index in [0.717, 1.165) is 11.1 Å². The molecular formula is C22H19ClFNO. The standard InChI is InChI=1S/C22H19ClFNO/c1-15(22(26)25-19-10-7-16(14-23)8-11-19)18-9-12-20(21(24)13-18)17-5-3-2-4-6-17/h2-13,15H,14H2,1H3,(H,25,26). The van der Waals surface area contributed by atoms with Crippen LogP contribution < -0.4 is 5.32 Å². The van der Waals surface area contributed by atoms with Gasteiger partial charge in [-0.2, -0.15) is 0 Å². The molecule has 3 aromatic carbocycles. The van der Waals surface area contributed by atoms with E-state index in [-0.39, 0.29) is 11.7 Å². The van der Waals surface area contributed by atoms with E-state index in [9.17, 15) is 9.18 Å². The molecular weight excluding hydrogens is 349 g/mol. The molecule has 4 heteroatoms. The van der Waals surface area contributed by atoms with Crippen molar-refractivity contribution in [3.63, 3.8) is 0 Å². The molecule has 0 aliphatic rings. The summed E-state index contributed by atoms with van der Waals surface area (Å²) in [4.78, 5) is 12.5. The number of carbonyl (C=O) groups excluding carboxylic acids is 1. The number of rotatable bonds is 5. The van der Waals surface area contributed by atoms with E-state index in [0.29, 0.717) is 22.7 Å². The van der Waals surface area contributed by atoms with Crippen LogP contribution >= 0.6 is 11.6 Å². The molecule has 0 bridgehead atoms. The SMILES string of the molecule is CC(C(=O)Nc1ccc(CCl)cc1)c1ccc(-c2ccccc2)c(F)c1. The minimum absolute atomic E-state index is 0.185. The second-order valence-corrected chi connectivity index (χ2v) is 6.41. The summed E-state index contributed by atoms with van der Waals surface area (Å²) in [6.45, 7) is 1.76. The first kappa shape index (κ1) is 18.2. The Balaban J connectivity index is 1.75. The van der Waals surface area contributed by atoms with Gasteiger partial charge in [-0.1, -0.05) is 54.6 Å². The van der Waals surface area contributed by atoms with Crippen molar-refractivity contribution in [1.82, 2.24) is 0 Å². The highest BCUT2D eigenvalue weighted by molar-refractivity contribution is 6.17. The van der Waals surface area contributed by atoms with E-state index in [4.69, 9.17) is 11.6 Å². The lowest BCUT2D eigenvalue weighted by Crippen LogP contribution is -2.19. The highest BCUT2D eigenvalue weighted by Crippen LogP contribution is 2.27. The Morgan fingerprint density at radius 2 is 1.73 bits per heavy atom. The zero-order valence-electron chi connectivity index (χ0n) is 14.4. The van der Waals surface area contributed by atoms with Gasteiger partial charge in [-0.15, -0.1) is 11.6 Å². The van der Waals surface area contributed by atoms with Crippen molar-refractivity contribution < 1.29 is 9.18 Å². The Kier molecular flexibility index (Phi) is 5.69. The number of halogens is 2. The monoisotopic (exact) mass is 367 g/mol. The number of hydrogen-bond donors (Lipinski definition) is 1. The van der Waals surface area contributed by atoms with Gasteiger partial charge in [-0.25, -0.2) is 4.39 Å². The molecule has 0 heterocycles. The molecule has 0 spiro atoms. The molecule has 26 heavy (non-hydrogen) atoms. The molecule has 1 N–H and O–H groups in total. The van der Waals surface area contributed by atoms with Crippen LogP contribution in [0.15, 0.2) is 72.8 Å². The maximum atomic E-state index is 14.5. The average molecular weight is 368 g/mol. The quantitative estimate of drug-likeness (QED) is 0.553. The fourth-order valence-electron chi connectivity index (χ4n) is 2.73. The van der Waals surface area contributed by atoms with Gasteiger partial charge >= 0.3 is 0 Å². The Bertz CT molecular complexity index is 894. The van der Waals surface area contributed by atoms with Crippen molar-refractivity contribution >= 4 is 23.2 Å². The summed E-state index contributed by atoms with van der Waals surface area (Å²) < 4.78 is 14.5. The normalized spacial score (nSPS) is 11.8. The van der Waals surface area contributed by atoms with Crippen LogP contribution in [0.1, 0.15) is 24.0 Å². The van der Waals surface area contributed by atoms with Crippen molar-refractivity contribution in [3.05, 3.63) is 89.7 Å². The van der Waals surface area contributed by atoms with Crippen molar-refractivity contribution in [2.45, 2.75) is 18.7 Å². The van der Waals surface area contributed by atoms with Crippen LogP contribution in [0, 0.1) is 5.82 Å². The Morgan fingerprint density at radius 1 is 1.04 bits per heavy atom. The van der Waals surface area contributed by atoms with E-state index in [1.165, 1.54) is 6.07 Å². The van der Waals surface area contributed by atoms with Gasteiger partial charge in [0.15, 0.2) is 0 Å². The van der Waals surface area contributed by atoms with E-state index >= 15 is 0 Å². The third kappa shape index (κ3) is 4.12. The van der Waals surface area contributed by atoms with Crippen LogP contribution in [-0.2, 0) is 10.7 Å². The molecule has 1 unspecified atom stereocenters. The number of alkyl halides is 1. The van der Waals surface area contributed by atoms with Gasteiger partial charge in [0.25, 0.3) is 0 Å². The van der Waals surface area contributed by atoms with Crippen molar-refractivity contribution in [3.8, 4) is 11.1 Å². The lowest BCUT2D eigenvalue weighted by atomic mass is 9.96. The molecule has 0 fully saturated rings. The minimum atomic E-state index is -0.470. The number of carbonyl (C=O) groups is 1. The van der Waals surface area contributed by atoms with Gasteiger partial charge in [-0.05, 0) is 41.8 Å².